The van der Waals surface area contributed by atoms with Crippen LogP contribution in [0.2, 0.25) is 0 Å². The van der Waals surface area contributed by atoms with Gasteiger partial charge in [-0.05, 0) is 31.9 Å². The lowest BCUT2D eigenvalue weighted by molar-refractivity contribution is 0.0936. The third-order valence-corrected chi connectivity index (χ3v) is 3.75. The molecule has 1 amide bonds. The third-order valence-electron chi connectivity index (χ3n) is 3.75. The molecule has 1 aromatic rings. The molecule has 104 valence electrons. The second-order valence-corrected chi connectivity index (χ2v) is 5.49. The highest BCUT2D eigenvalue weighted by atomic mass is 16.2. The Bertz CT molecular complexity index is 516. The van der Waals surface area contributed by atoms with Crippen molar-refractivity contribution in [3.05, 3.63) is 33.7 Å². The van der Waals surface area contributed by atoms with Gasteiger partial charge in [-0.1, -0.05) is 19.3 Å². The number of pyridine rings is 1. The van der Waals surface area contributed by atoms with Crippen molar-refractivity contribution in [2.24, 2.45) is 5.73 Å². The Morgan fingerprint density at radius 2 is 2.05 bits per heavy atom. The second kappa shape index (κ2) is 5.57. The molecule has 2 rings (SSSR count). The van der Waals surface area contributed by atoms with E-state index in [9.17, 15) is 9.59 Å². The number of amides is 1. The minimum atomic E-state index is -0.354. The molecule has 1 saturated carbocycles. The zero-order valence-corrected chi connectivity index (χ0v) is 11.3. The molecule has 0 radical (unpaired) electrons. The number of rotatable bonds is 3. The molecule has 1 aromatic heterocycles. The summed E-state index contributed by atoms with van der Waals surface area (Å²) in [7, 11) is 0. The van der Waals surface area contributed by atoms with Gasteiger partial charge in [0, 0.05) is 17.8 Å². The average Bonchev–Trinajstić information content (AvgIpc) is 2.37. The summed E-state index contributed by atoms with van der Waals surface area (Å²) in [5, 5.41) is 2.79. The van der Waals surface area contributed by atoms with Crippen LogP contribution in [0.25, 0.3) is 0 Å². The SMILES string of the molecule is Cc1ccc(C(=O)NCC2(N)CCCCC2)c(=O)[nH]1. The number of hydrogen-bond donors (Lipinski definition) is 3. The summed E-state index contributed by atoms with van der Waals surface area (Å²) in [5.41, 5.74) is 6.46. The summed E-state index contributed by atoms with van der Waals surface area (Å²) >= 11 is 0. The van der Waals surface area contributed by atoms with E-state index in [0.717, 1.165) is 31.4 Å². The first-order valence-electron chi connectivity index (χ1n) is 6.77. The average molecular weight is 263 g/mol. The molecule has 0 spiro atoms. The molecule has 0 aliphatic heterocycles. The fourth-order valence-electron chi connectivity index (χ4n) is 2.54. The molecule has 0 saturated heterocycles. The summed E-state index contributed by atoms with van der Waals surface area (Å²) in [6.45, 7) is 2.21. The highest BCUT2D eigenvalue weighted by Gasteiger charge is 2.28. The summed E-state index contributed by atoms with van der Waals surface area (Å²) in [6, 6.07) is 3.27. The Morgan fingerprint density at radius 1 is 1.37 bits per heavy atom. The van der Waals surface area contributed by atoms with Gasteiger partial charge in [0.1, 0.15) is 5.56 Å². The van der Waals surface area contributed by atoms with E-state index < -0.39 is 0 Å². The van der Waals surface area contributed by atoms with Gasteiger partial charge in [-0.3, -0.25) is 9.59 Å². The Hall–Kier alpha value is -1.62. The van der Waals surface area contributed by atoms with Crippen molar-refractivity contribution in [3.8, 4) is 0 Å². The van der Waals surface area contributed by atoms with Crippen LogP contribution in [0.15, 0.2) is 16.9 Å². The maximum Gasteiger partial charge on any atom is 0.260 e. The summed E-state index contributed by atoms with van der Waals surface area (Å²) in [6.07, 6.45) is 5.29. The molecule has 1 heterocycles. The number of carbonyl (C=O) groups is 1. The zero-order chi connectivity index (χ0) is 13.9. The second-order valence-electron chi connectivity index (χ2n) is 5.49. The lowest BCUT2D eigenvalue weighted by atomic mass is 9.82. The first-order valence-corrected chi connectivity index (χ1v) is 6.77. The minimum Gasteiger partial charge on any atom is -0.350 e. The van der Waals surface area contributed by atoms with Crippen LogP contribution in [0.3, 0.4) is 0 Å². The van der Waals surface area contributed by atoms with Gasteiger partial charge in [0.25, 0.3) is 11.5 Å². The molecule has 5 heteroatoms. The molecule has 0 unspecified atom stereocenters. The van der Waals surface area contributed by atoms with E-state index in [4.69, 9.17) is 5.73 Å². The highest BCUT2D eigenvalue weighted by Crippen LogP contribution is 2.25. The normalized spacial score (nSPS) is 18.0. The number of H-pyrrole nitrogens is 1. The topological polar surface area (TPSA) is 88.0 Å². The first-order chi connectivity index (χ1) is 9.00. The Morgan fingerprint density at radius 3 is 2.68 bits per heavy atom. The summed E-state index contributed by atoms with van der Waals surface area (Å²) in [5.74, 6) is -0.350. The van der Waals surface area contributed by atoms with Gasteiger partial charge in [-0.2, -0.15) is 0 Å². The van der Waals surface area contributed by atoms with Gasteiger partial charge in [0.2, 0.25) is 0 Å². The number of nitrogens with two attached hydrogens (primary N) is 1. The van der Waals surface area contributed by atoms with Crippen molar-refractivity contribution >= 4 is 5.91 Å². The van der Waals surface area contributed by atoms with Crippen molar-refractivity contribution in [1.82, 2.24) is 10.3 Å². The van der Waals surface area contributed by atoms with Crippen molar-refractivity contribution in [1.29, 1.82) is 0 Å². The Balaban J connectivity index is 1.99. The molecule has 0 bridgehead atoms. The van der Waals surface area contributed by atoms with Gasteiger partial charge < -0.3 is 16.0 Å². The molecule has 1 fully saturated rings. The highest BCUT2D eigenvalue weighted by molar-refractivity contribution is 5.93. The van der Waals surface area contributed by atoms with E-state index in [2.05, 4.69) is 10.3 Å². The maximum atomic E-state index is 12.0. The smallest absolute Gasteiger partial charge is 0.260 e. The fraction of sp³-hybridized carbons (Fsp3) is 0.571. The van der Waals surface area contributed by atoms with Crippen LogP contribution in [0.5, 0.6) is 0 Å². The van der Waals surface area contributed by atoms with E-state index in [-0.39, 0.29) is 22.6 Å². The van der Waals surface area contributed by atoms with Crippen LogP contribution in [-0.4, -0.2) is 23.0 Å². The van der Waals surface area contributed by atoms with Crippen molar-refractivity contribution in [2.75, 3.05) is 6.54 Å². The van der Waals surface area contributed by atoms with E-state index in [1.54, 1.807) is 19.1 Å². The summed E-state index contributed by atoms with van der Waals surface area (Å²) < 4.78 is 0. The van der Waals surface area contributed by atoms with Crippen LogP contribution in [-0.2, 0) is 0 Å². The molecule has 1 aliphatic rings. The number of aryl methyl sites for hydroxylation is 1. The van der Waals surface area contributed by atoms with Gasteiger partial charge in [0.15, 0.2) is 0 Å². The van der Waals surface area contributed by atoms with Crippen LogP contribution in [0.4, 0.5) is 0 Å². The van der Waals surface area contributed by atoms with Crippen LogP contribution >= 0.6 is 0 Å². The van der Waals surface area contributed by atoms with E-state index in [1.807, 2.05) is 0 Å². The van der Waals surface area contributed by atoms with Crippen molar-refractivity contribution in [3.63, 3.8) is 0 Å². The minimum absolute atomic E-state index is 0.144. The Labute approximate surface area is 112 Å². The van der Waals surface area contributed by atoms with Crippen LogP contribution in [0, 0.1) is 6.92 Å². The quantitative estimate of drug-likeness (QED) is 0.762. The van der Waals surface area contributed by atoms with Gasteiger partial charge >= 0.3 is 0 Å². The first kappa shape index (κ1) is 13.8. The lowest BCUT2D eigenvalue weighted by Crippen LogP contribution is -2.51. The molecular formula is C14H21N3O2. The Kier molecular flexibility index (Phi) is 4.04. The number of aromatic nitrogens is 1. The molecule has 19 heavy (non-hydrogen) atoms. The van der Waals surface area contributed by atoms with E-state index in [1.165, 1.54) is 6.42 Å². The maximum absolute atomic E-state index is 12.0. The number of carbonyl (C=O) groups excluding carboxylic acids is 1. The predicted molar refractivity (Wildman–Crippen MR) is 74.1 cm³/mol. The molecule has 1 aliphatic carbocycles. The zero-order valence-electron chi connectivity index (χ0n) is 11.3. The molecule has 0 aromatic carbocycles. The lowest BCUT2D eigenvalue weighted by Gasteiger charge is -2.33. The molecule has 4 N–H and O–H groups in total. The monoisotopic (exact) mass is 263 g/mol. The van der Waals surface area contributed by atoms with Crippen molar-refractivity contribution in [2.45, 2.75) is 44.6 Å². The molecule has 0 atom stereocenters. The van der Waals surface area contributed by atoms with Crippen molar-refractivity contribution < 1.29 is 4.79 Å². The van der Waals surface area contributed by atoms with Crippen LogP contribution < -0.4 is 16.6 Å². The molecular weight excluding hydrogens is 242 g/mol. The fourth-order valence-corrected chi connectivity index (χ4v) is 2.54. The largest absolute Gasteiger partial charge is 0.350 e. The van der Waals surface area contributed by atoms with Crippen LogP contribution in [0.1, 0.15) is 48.2 Å². The standard InChI is InChI=1S/C14H21N3O2/c1-10-5-6-11(13(19)17-10)12(18)16-9-14(15)7-3-2-4-8-14/h5-6H,2-4,7-9,15H2,1H3,(H,16,18)(H,17,19). The number of aromatic amines is 1. The third kappa shape index (κ3) is 3.44. The number of nitrogens with one attached hydrogen (secondary N) is 2. The van der Waals surface area contributed by atoms with E-state index in [0.29, 0.717) is 6.54 Å². The number of hydrogen-bond acceptors (Lipinski definition) is 3. The van der Waals surface area contributed by atoms with Gasteiger partial charge in [-0.25, -0.2) is 0 Å². The predicted octanol–water partition coefficient (Wildman–Crippen LogP) is 1.07. The van der Waals surface area contributed by atoms with Gasteiger partial charge in [-0.15, -0.1) is 0 Å². The summed E-state index contributed by atoms with van der Waals surface area (Å²) in [4.78, 5) is 26.3. The van der Waals surface area contributed by atoms with E-state index >= 15 is 0 Å². The van der Waals surface area contributed by atoms with Gasteiger partial charge in [0.05, 0.1) is 0 Å². The molecule has 5 nitrogen and oxygen atoms in total.